The van der Waals surface area contributed by atoms with Crippen LogP contribution in [-0.2, 0) is 11.3 Å². The van der Waals surface area contributed by atoms with Crippen molar-refractivity contribution in [3.8, 4) is 0 Å². The highest BCUT2D eigenvalue weighted by atomic mass is 16.4. The lowest BCUT2D eigenvalue weighted by Gasteiger charge is -2.22. The molecule has 0 spiro atoms. The maximum atomic E-state index is 11.1. The number of carboxylic acid groups (broad SMARTS) is 1. The molecule has 0 aliphatic rings. The minimum absolute atomic E-state index is 0.417. The van der Waals surface area contributed by atoms with E-state index >= 15 is 0 Å². The van der Waals surface area contributed by atoms with Crippen molar-refractivity contribution in [2.45, 2.75) is 20.4 Å². The molecule has 1 rings (SSSR count). The van der Waals surface area contributed by atoms with E-state index in [-0.39, 0.29) is 0 Å². The number of carbonyl (C=O) groups excluding carboxylic acids is 1. The molecule has 0 saturated heterocycles. The second-order valence-electron chi connectivity index (χ2n) is 4.63. The molecule has 0 aliphatic carbocycles. The minimum atomic E-state index is -0.802. The van der Waals surface area contributed by atoms with Gasteiger partial charge < -0.3 is 10.8 Å². The van der Waals surface area contributed by atoms with E-state index in [2.05, 4.69) is 0 Å². The van der Waals surface area contributed by atoms with Gasteiger partial charge in [0.1, 0.15) is 0 Å². The van der Waals surface area contributed by atoms with Crippen molar-refractivity contribution in [3.63, 3.8) is 0 Å². The third-order valence-electron chi connectivity index (χ3n) is 3.02. The Hall–Kier alpha value is -1.88. The van der Waals surface area contributed by atoms with Crippen molar-refractivity contribution in [2.24, 2.45) is 11.7 Å². The van der Waals surface area contributed by atoms with Gasteiger partial charge in [0.2, 0.25) is 5.91 Å². The molecule has 0 aliphatic heterocycles. The molecule has 19 heavy (non-hydrogen) atoms. The van der Waals surface area contributed by atoms with E-state index in [0.29, 0.717) is 18.7 Å². The maximum Gasteiger partial charge on any atom is 0.307 e. The molecule has 1 unspecified atom stereocenters. The van der Waals surface area contributed by atoms with Gasteiger partial charge in [-0.05, 0) is 24.2 Å². The Morgan fingerprint density at radius 1 is 1.42 bits per heavy atom. The second-order valence-corrected chi connectivity index (χ2v) is 4.63. The number of nitrogens with two attached hydrogens (primary N) is 1. The van der Waals surface area contributed by atoms with Gasteiger partial charge in [-0.15, -0.1) is 0 Å². The molecule has 0 heterocycles. The van der Waals surface area contributed by atoms with Gasteiger partial charge in [-0.25, -0.2) is 0 Å². The number of primary amides is 1. The Morgan fingerprint density at radius 2 is 2.11 bits per heavy atom. The number of carboxylic acids is 1. The summed E-state index contributed by atoms with van der Waals surface area (Å²) in [4.78, 5) is 24.0. The number of benzene rings is 1. The zero-order chi connectivity index (χ0) is 14.4. The van der Waals surface area contributed by atoms with E-state index in [1.165, 1.54) is 0 Å². The molecule has 1 atom stereocenters. The SMILES string of the molecule is CCN(Cc1cccc(C(N)=O)c1)CC(C)C(=O)O. The van der Waals surface area contributed by atoms with Crippen molar-refractivity contribution < 1.29 is 14.7 Å². The Labute approximate surface area is 113 Å². The Bertz CT molecular complexity index is 460. The van der Waals surface area contributed by atoms with Crippen molar-refractivity contribution in [3.05, 3.63) is 35.4 Å². The van der Waals surface area contributed by atoms with Gasteiger partial charge in [0.15, 0.2) is 0 Å². The summed E-state index contributed by atoms with van der Waals surface area (Å²) in [7, 11) is 0. The quantitative estimate of drug-likeness (QED) is 0.778. The van der Waals surface area contributed by atoms with E-state index in [1.807, 2.05) is 17.9 Å². The normalized spacial score (nSPS) is 12.4. The number of nitrogens with zero attached hydrogens (tertiary/aromatic N) is 1. The zero-order valence-corrected chi connectivity index (χ0v) is 11.3. The van der Waals surface area contributed by atoms with Gasteiger partial charge >= 0.3 is 5.97 Å². The summed E-state index contributed by atoms with van der Waals surface area (Å²) >= 11 is 0. The largest absolute Gasteiger partial charge is 0.481 e. The molecule has 3 N–H and O–H groups in total. The third kappa shape index (κ3) is 4.71. The van der Waals surface area contributed by atoms with Crippen LogP contribution in [0.3, 0.4) is 0 Å². The first-order valence-corrected chi connectivity index (χ1v) is 6.28. The van der Waals surface area contributed by atoms with Gasteiger partial charge in [-0.3, -0.25) is 14.5 Å². The molecule has 0 fully saturated rings. The monoisotopic (exact) mass is 264 g/mol. The molecular formula is C14H20N2O3. The molecule has 0 bridgehead atoms. The molecule has 0 aromatic heterocycles. The summed E-state index contributed by atoms with van der Waals surface area (Å²) in [5.41, 5.74) is 6.66. The van der Waals surface area contributed by atoms with Crippen molar-refractivity contribution in [1.82, 2.24) is 4.90 Å². The van der Waals surface area contributed by atoms with Crippen molar-refractivity contribution in [1.29, 1.82) is 0 Å². The van der Waals surface area contributed by atoms with E-state index in [0.717, 1.165) is 12.1 Å². The van der Waals surface area contributed by atoms with E-state index in [1.54, 1.807) is 25.1 Å². The average Bonchev–Trinajstić information content (AvgIpc) is 2.37. The first-order valence-electron chi connectivity index (χ1n) is 6.28. The van der Waals surface area contributed by atoms with Crippen LogP contribution in [0.15, 0.2) is 24.3 Å². The summed E-state index contributed by atoms with van der Waals surface area (Å²) in [6, 6.07) is 7.10. The fraction of sp³-hybridized carbons (Fsp3) is 0.429. The van der Waals surface area contributed by atoms with E-state index in [9.17, 15) is 9.59 Å². The molecule has 1 amide bonds. The highest BCUT2D eigenvalue weighted by Crippen LogP contribution is 2.10. The summed E-state index contributed by atoms with van der Waals surface area (Å²) in [5, 5.41) is 8.92. The van der Waals surface area contributed by atoms with Gasteiger partial charge in [0.05, 0.1) is 5.92 Å². The summed E-state index contributed by atoms with van der Waals surface area (Å²) in [6.07, 6.45) is 0. The Balaban J connectivity index is 2.72. The molecule has 0 radical (unpaired) electrons. The van der Waals surface area contributed by atoms with Crippen LogP contribution in [0.2, 0.25) is 0 Å². The van der Waals surface area contributed by atoms with Crippen molar-refractivity contribution in [2.75, 3.05) is 13.1 Å². The van der Waals surface area contributed by atoms with Gasteiger partial charge in [-0.2, -0.15) is 0 Å². The lowest BCUT2D eigenvalue weighted by atomic mass is 10.1. The molecule has 1 aromatic carbocycles. The van der Waals surface area contributed by atoms with Crippen LogP contribution >= 0.6 is 0 Å². The third-order valence-corrected chi connectivity index (χ3v) is 3.02. The number of aliphatic carboxylic acids is 1. The van der Waals surface area contributed by atoms with Crippen LogP contribution in [0.25, 0.3) is 0 Å². The first kappa shape index (κ1) is 15.2. The summed E-state index contributed by atoms with van der Waals surface area (Å²) in [5.74, 6) is -1.67. The van der Waals surface area contributed by atoms with E-state index in [4.69, 9.17) is 10.8 Å². The highest BCUT2D eigenvalue weighted by molar-refractivity contribution is 5.92. The fourth-order valence-corrected chi connectivity index (χ4v) is 1.85. The summed E-state index contributed by atoms with van der Waals surface area (Å²) < 4.78 is 0. The lowest BCUT2D eigenvalue weighted by Crippen LogP contribution is -2.31. The van der Waals surface area contributed by atoms with Crippen LogP contribution in [0.1, 0.15) is 29.8 Å². The number of hydrogen-bond acceptors (Lipinski definition) is 3. The smallest absolute Gasteiger partial charge is 0.307 e. The topological polar surface area (TPSA) is 83.6 Å². The minimum Gasteiger partial charge on any atom is -0.481 e. The number of amides is 1. The fourth-order valence-electron chi connectivity index (χ4n) is 1.85. The molecule has 5 nitrogen and oxygen atoms in total. The van der Waals surface area contributed by atoms with Gasteiger partial charge in [0, 0.05) is 18.7 Å². The molecule has 0 saturated carbocycles. The Kier molecular flexibility index (Phi) is 5.51. The zero-order valence-electron chi connectivity index (χ0n) is 11.3. The van der Waals surface area contributed by atoms with Crippen LogP contribution < -0.4 is 5.73 Å². The maximum absolute atomic E-state index is 11.1. The van der Waals surface area contributed by atoms with Gasteiger partial charge in [-0.1, -0.05) is 26.0 Å². The average molecular weight is 264 g/mol. The van der Waals surface area contributed by atoms with Crippen LogP contribution in [0.4, 0.5) is 0 Å². The number of rotatable bonds is 7. The standard InChI is InChI=1S/C14H20N2O3/c1-3-16(8-10(2)14(18)19)9-11-5-4-6-12(7-11)13(15)17/h4-7,10H,3,8-9H2,1-2H3,(H2,15,17)(H,18,19). The second kappa shape index (κ2) is 6.89. The van der Waals surface area contributed by atoms with Crippen LogP contribution in [0, 0.1) is 5.92 Å². The van der Waals surface area contributed by atoms with Crippen LogP contribution in [0.5, 0.6) is 0 Å². The predicted octanol–water partition coefficient (Wildman–Crippen LogP) is 1.33. The molecule has 5 heteroatoms. The first-order chi connectivity index (χ1) is 8.93. The highest BCUT2D eigenvalue weighted by Gasteiger charge is 2.15. The number of carbonyl (C=O) groups is 2. The van der Waals surface area contributed by atoms with E-state index < -0.39 is 17.8 Å². The Morgan fingerprint density at radius 3 is 2.63 bits per heavy atom. The lowest BCUT2D eigenvalue weighted by molar-refractivity contribution is -0.141. The molecule has 1 aromatic rings. The molecule has 104 valence electrons. The van der Waals surface area contributed by atoms with Gasteiger partial charge in [0.25, 0.3) is 0 Å². The van der Waals surface area contributed by atoms with Crippen LogP contribution in [-0.4, -0.2) is 35.0 Å². The summed E-state index contributed by atoms with van der Waals surface area (Å²) in [6.45, 7) is 5.50. The number of hydrogen-bond donors (Lipinski definition) is 2. The predicted molar refractivity (Wildman–Crippen MR) is 72.7 cm³/mol. The van der Waals surface area contributed by atoms with Crippen molar-refractivity contribution >= 4 is 11.9 Å². The molecular weight excluding hydrogens is 244 g/mol.